The van der Waals surface area contributed by atoms with Crippen LogP contribution < -0.4 is 0 Å². The van der Waals surface area contributed by atoms with Crippen LogP contribution in [0.25, 0.3) is 0 Å². The van der Waals surface area contributed by atoms with Gasteiger partial charge < -0.3 is 15.3 Å². The second kappa shape index (κ2) is 8.41. The van der Waals surface area contributed by atoms with E-state index in [0.29, 0.717) is 19.3 Å². The van der Waals surface area contributed by atoms with E-state index in [0.717, 1.165) is 18.8 Å². The molecule has 7 atom stereocenters. The fourth-order valence-corrected chi connectivity index (χ4v) is 6.52. The van der Waals surface area contributed by atoms with Crippen molar-refractivity contribution < 1.29 is 41.7 Å². The third kappa shape index (κ3) is 4.28. The zero-order valence-corrected chi connectivity index (χ0v) is 19.9. The average molecular weight is 497 g/mol. The molecular weight excluding hydrogens is 462 g/mol. The quantitative estimate of drug-likeness (QED) is 0.278. The number of hydrogen-bond acceptors (Lipinski definition) is 3. The Morgan fingerprint density at radius 2 is 1.62 bits per heavy atom. The minimum Gasteiger partial charge on any atom is -0.393 e. The van der Waals surface area contributed by atoms with E-state index < -0.39 is 35.1 Å². The highest BCUT2D eigenvalue weighted by atomic mass is 19.4. The summed E-state index contributed by atoms with van der Waals surface area (Å²) in [5.74, 6) is 3.08. The Labute approximate surface area is 196 Å². The van der Waals surface area contributed by atoms with Gasteiger partial charge in [0.05, 0.1) is 11.7 Å². The normalized spacial score (nSPS) is 38.9. The van der Waals surface area contributed by atoms with Gasteiger partial charge in [-0.1, -0.05) is 45.8 Å². The van der Waals surface area contributed by atoms with Crippen LogP contribution in [0.4, 0.5) is 26.3 Å². The number of aliphatic hydroxyl groups excluding tert-OH is 1. The van der Waals surface area contributed by atoms with Crippen molar-refractivity contribution in [2.45, 2.75) is 95.9 Å². The number of rotatable bonds is 4. The van der Waals surface area contributed by atoms with Crippen molar-refractivity contribution in [3.63, 3.8) is 0 Å². The molecule has 3 rings (SSSR count). The van der Waals surface area contributed by atoms with Crippen molar-refractivity contribution in [1.29, 1.82) is 0 Å². The van der Waals surface area contributed by atoms with Crippen LogP contribution in [-0.2, 0) is 0 Å². The van der Waals surface area contributed by atoms with E-state index in [1.807, 2.05) is 32.8 Å². The molecule has 0 aromatic carbocycles. The van der Waals surface area contributed by atoms with Gasteiger partial charge in [0.1, 0.15) is 0 Å². The van der Waals surface area contributed by atoms with E-state index in [9.17, 15) is 41.7 Å². The Kier molecular flexibility index (Phi) is 6.77. The highest BCUT2D eigenvalue weighted by molar-refractivity contribution is 5.22. The second-order valence-corrected chi connectivity index (χ2v) is 11.5. The molecule has 9 heteroatoms. The predicted molar refractivity (Wildman–Crippen MR) is 114 cm³/mol. The van der Waals surface area contributed by atoms with Gasteiger partial charge in [-0.2, -0.15) is 26.3 Å². The Bertz CT molecular complexity index is 851. The summed E-state index contributed by atoms with van der Waals surface area (Å²) in [5.41, 5.74) is -6.66. The first-order valence-electron chi connectivity index (χ1n) is 11.7. The molecule has 0 spiro atoms. The van der Waals surface area contributed by atoms with Gasteiger partial charge in [0.2, 0.25) is 0 Å². The smallest absolute Gasteiger partial charge is 0.393 e. The summed E-state index contributed by atoms with van der Waals surface area (Å²) < 4.78 is 77.3. The standard InChI is InChI=1S/C25H34F6O3/c1-15(6-5-10-23(34,24(26,27)28)25(29,30)31)21(4)11-9-17(20(21,2)3)7-8-19-16-12-18(32)14-22(19,33)13-16/h7-8,15-19,32-34H,6,9,11-14H2,1-4H3/b8-7+/t15-,16?,17-,18-,19?,21-,22-/m1/s1. The van der Waals surface area contributed by atoms with Crippen LogP contribution in [0.2, 0.25) is 0 Å². The van der Waals surface area contributed by atoms with Gasteiger partial charge in [0.15, 0.2) is 0 Å². The van der Waals surface area contributed by atoms with Crippen LogP contribution in [0.5, 0.6) is 0 Å². The van der Waals surface area contributed by atoms with Crippen LogP contribution in [-0.4, -0.2) is 45.0 Å². The molecule has 0 heterocycles. The van der Waals surface area contributed by atoms with Crippen LogP contribution in [0.1, 0.15) is 66.2 Å². The monoisotopic (exact) mass is 496 g/mol. The molecule has 3 nitrogen and oxygen atoms in total. The lowest BCUT2D eigenvalue weighted by Crippen LogP contribution is -2.59. The summed E-state index contributed by atoms with van der Waals surface area (Å²) in [6.07, 6.45) is -5.23. The van der Waals surface area contributed by atoms with Crippen molar-refractivity contribution >= 4 is 0 Å². The van der Waals surface area contributed by atoms with Crippen LogP contribution in [0.15, 0.2) is 12.2 Å². The summed E-state index contributed by atoms with van der Waals surface area (Å²) in [4.78, 5) is 0. The number of allylic oxidation sites excluding steroid dienone is 1. The fraction of sp³-hybridized carbons (Fsp3) is 0.840. The van der Waals surface area contributed by atoms with Crippen LogP contribution in [0.3, 0.4) is 0 Å². The molecule has 2 bridgehead atoms. The molecule has 194 valence electrons. The average Bonchev–Trinajstić information content (AvgIpc) is 2.89. The Morgan fingerprint density at radius 1 is 1.03 bits per heavy atom. The molecule has 0 amide bonds. The van der Waals surface area contributed by atoms with Crippen molar-refractivity contribution in [1.82, 2.24) is 0 Å². The zero-order chi connectivity index (χ0) is 26.0. The van der Waals surface area contributed by atoms with Gasteiger partial charge in [0.25, 0.3) is 0 Å². The van der Waals surface area contributed by atoms with Crippen LogP contribution in [0, 0.1) is 46.3 Å². The molecule has 0 aromatic rings. The largest absolute Gasteiger partial charge is 0.438 e. The van der Waals surface area contributed by atoms with Crippen molar-refractivity contribution in [3.05, 3.63) is 12.2 Å². The third-order valence-electron chi connectivity index (χ3n) is 9.42. The first kappa shape index (κ1) is 27.3. The van der Waals surface area contributed by atoms with Gasteiger partial charge in [-0.25, -0.2) is 0 Å². The number of hydrogen-bond donors (Lipinski definition) is 3. The van der Waals surface area contributed by atoms with Gasteiger partial charge in [-0.05, 0) is 60.2 Å². The molecule has 3 N–H and O–H groups in total. The highest BCUT2D eigenvalue weighted by Crippen LogP contribution is 2.61. The lowest BCUT2D eigenvalue weighted by atomic mass is 9.53. The molecule has 0 aliphatic heterocycles. The number of aliphatic hydroxyl groups is 3. The molecule has 3 aliphatic carbocycles. The van der Waals surface area contributed by atoms with Gasteiger partial charge in [0, 0.05) is 18.8 Å². The zero-order valence-electron chi connectivity index (χ0n) is 19.9. The molecule has 3 aliphatic rings. The van der Waals surface area contributed by atoms with Gasteiger partial charge >= 0.3 is 18.0 Å². The summed E-state index contributed by atoms with van der Waals surface area (Å²) in [6, 6.07) is 0. The Morgan fingerprint density at radius 3 is 2.15 bits per heavy atom. The van der Waals surface area contributed by atoms with E-state index in [4.69, 9.17) is 0 Å². The van der Waals surface area contributed by atoms with Crippen molar-refractivity contribution in [2.24, 2.45) is 34.5 Å². The lowest BCUT2D eigenvalue weighted by molar-refractivity contribution is -0.343. The van der Waals surface area contributed by atoms with Crippen molar-refractivity contribution in [2.75, 3.05) is 0 Å². The number of fused-ring (bicyclic) bond motifs is 2. The highest BCUT2D eigenvalue weighted by Gasteiger charge is 2.70. The van der Waals surface area contributed by atoms with E-state index >= 15 is 0 Å². The minimum absolute atomic E-state index is 0.00994. The van der Waals surface area contributed by atoms with Crippen LogP contribution >= 0.6 is 0 Å². The van der Waals surface area contributed by atoms with Gasteiger partial charge in [-0.3, -0.25) is 0 Å². The molecule has 3 fully saturated rings. The summed E-state index contributed by atoms with van der Waals surface area (Å²) in [5, 5.41) is 29.9. The summed E-state index contributed by atoms with van der Waals surface area (Å²) in [7, 11) is 0. The number of alkyl halides is 6. The van der Waals surface area contributed by atoms with E-state index in [-0.39, 0.29) is 35.5 Å². The summed E-state index contributed by atoms with van der Waals surface area (Å²) in [6.45, 7) is 7.83. The fourth-order valence-electron chi connectivity index (χ4n) is 6.52. The maximum Gasteiger partial charge on any atom is 0.438 e. The molecule has 2 unspecified atom stereocenters. The minimum atomic E-state index is -5.95. The Hall–Kier alpha value is -1.24. The maximum absolute atomic E-state index is 12.9. The topological polar surface area (TPSA) is 60.7 Å². The summed E-state index contributed by atoms with van der Waals surface area (Å²) >= 11 is 0. The number of halogens is 6. The SMILES string of the molecule is C[C@H](CC#CC(O)(C(F)(F)F)C(F)(F)F)[C@@]1(C)CC[C@@H](/C=C/C2C3C[C@@H](O)C[C@]2(O)C3)C1(C)C. The lowest BCUT2D eigenvalue weighted by Gasteiger charge is -2.56. The molecule has 0 saturated heterocycles. The Balaban J connectivity index is 1.72. The molecule has 34 heavy (non-hydrogen) atoms. The maximum atomic E-state index is 12.9. The van der Waals surface area contributed by atoms with E-state index in [1.54, 1.807) is 6.92 Å². The predicted octanol–water partition coefficient (Wildman–Crippen LogP) is 5.39. The second-order valence-electron chi connectivity index (χ2n) is 11.5. The van der Waals surface area contributed by atoms with Crippen molar-refractivity contribution in [3.8, 4) is 11.8 Å². The molecule has 0 aromatic heterocycles. The first-order valence-corrected chi connectivity index (χ1v) is 11.7. The molecular formula is C25H34F6O3. The third-order valence-corrected chi connectivity index (χ3v) is 9.42. The van der Waals surface area contributed by atoms with E-state index in [1.165, 1.54) is 0 Å². The molecule has 3 saturated carbocycles. The first-order chi connectivity index (χ1) is 15.3. The van der Waals surface area contributed by atoms with Gasteiger partial charge in [-0.15, -0.1) is 0 Å². The molecule has 0 radical (unpaired) electrons. The van der Waals surface area contributed by atoms with E-state index in [2.05, 4.69) is 6.08 Å².